The van der Waals surface area contributed by atoms with E-state index in [0.29, 0.717) is 13.1 Å². The largest absolute Gasteiger partial charge is 0.351 e. The van der Waals surface area contributed by atoms with E-state index in [1.165, 1.54) is 0 Å². The summed E-state index contributed by atoms with van der Waals surface area (Å²) < 4.78 is 0. The number of nitrogens with one attached hydrogen (secondary N) is 1. The van der Waals surface area contributed by atoms with Crippen LogP contribution in [-0.2, 0) is 11.3 Å². The maximum Gasteiger partial charge on any atom is 0.223 e. The molecular weight excluding hydrogens is 264 g/mol. The number of amides is 1. The van der Waals surface area contributed by atoms with Crippen molar-refractivity contribution in [2.24, 2.45) is 11.7 Å². The molecule has 1 unspecified atom stereocenters. The molecule has 0 bridgehead atoms. The van der Waals surface area contributed by atoms with Crippen LogP contribution in [0.1, 0.15) is 17.4 Å². The van der Waals surface area contributed by atoms with Gasteiger partial charge in [0.05, 0.1) is 13.1 Å². The van der Waals surface area contributed by atoms with Crippen molar-refractivity contribution in [3.05, 3.63) is 21.9 Å². The van der Waals surface area contributed by atoms with Gasteiger partial charge in [-0.2, -0.15) is 11.8 Å². The Morgan fingerprint density at radius 2 is 2.44 bits per heavy atom. The van der Waals surface area contributed by atoms with Crippen LogP contribution in [0.4, 0.5) is 0 Å². The molecule has 3 N–H and O–H groups in total. The summed E-state index contributed by atoms with van der Waals surface area (Å²) in [6.45, 7) is 2.84. The highest BCUT2D eigenvalue weighted by Crippen LogP contribution is 2.15. The van der Waals surface area contributed by atoms with Gasteiger partial charge in [0, 0.05) is 22.1 Å². The monoisotopic (exact) mass is 282 g/mol. The predicted octanol–water partition coefficient (Wildman–Crippen LogP) is 1.67. The van der Waals surface area contributed by atoms with Gasteiger partial charge in [-0.3, -0.25) is 4.79 Å². The molecule has 1 heterocycles. The Bertz CT molecular complexity index is 445. The zero-order valence-corrected chi connectivity index (χ0v) is 12.3. The Morgan fingerprint density at radius 3 is 3.11 bits per heavy atom. The standard InChI is InChI=1S/C13H18N2OS2/c1-10(9-17-2)13(16)15-8-12-11(4-3-6-14)5-7-18-12/h5,7,10H,6,8-9,14H2,1-2H3,(H,15,16). The minimum absolute atomic E-state index is 0.0403. The first-order valence-electron chi connectivity index (χ1n) is 5.71. The summed E-state index contributed by atoms with van der Waals surface area (Å²) in [7, 11) is 0. The quantitative estimate of drug-likeness (QED) is 0.808. The third-order valence-corrected chi connectivity index (χ3v) is 4.11. The summed E-state index contributed by atoms with van der Waals surface area (Å²) in [5, 5.41) is 4.93. The van der Waals surface area contributed by atoms with Gasteiger partial charge in [-0.15, -0.1) is 11.3 Å². The molecule has 0 aliphatic carbocycles. The van der Waals surface area contributed by atoms with Crippen LogP contribution in [0.15, 0.2) is 11.4 Å². The molecule has 98 valence electrons. The van der Waals surface area contributed by atoms with Crippen molar-refractivity contribution in [3.63, 3.8) is 0 Å². The lowest BCUT2D eigenvalue weighted by molar-refractivity contribution is -0.123. The first kappa shape index (κ1) is 15.1. The van der Waals surface area contributed by atoms with Crippen LogP contribution in [0.3, 0.4) is 0 Å². The van der Waals surface area contributed by atoms with Gasteiger partial charge in [0.25, 0.3) is 0 Å². The van der Waals surface area contributed by atoms with Crippen molar-refractivity contribution in [1.29, 1.82) is 0 Å². The molecule has 0 fully saturated rings. The minimum atomic E-state index is 0.0403. The Balaban J connectivity index is 2.53. The highest BCUT2D eigenvalue weighted by Gasteiger charge is 2.12. The number of nitrogens with two attached hydrogens (primary N) is 1. The topological polar surface area (TPSA) is 55.1 Å². The first-order chi connectivity index (χ1) is 8.69. The van der Waals surface area contributed by atoms with Crippen LogP contribution in [0, 0.1) is 17.8 Å². The first-order valence-corrected chi connectivity index (χ1v) is 7.98. The van der Waals surface area contributed by atoms with Crippen LogP contribution >= 0.6 is 23.1 Å². The van der Waals surface area contributed by atoms with Gasteiger partial charge in [0.1, 0.15) is 0 Å². The van der Waals surface area contributed by atoms with E-state index in [1.54, 1.807) is 23.1 Å². The second kappa shape index (κ2) is 8.20. The average molecular weight is 282 g/mol. The number of rotatable bonds is 5. The maximum absolute atomic E-state index is 11.8. The van der Waals surface area contributed by atoms with Crippen molar-refractivity contribution < 1.29 is 4.79 Å². The highest BCUT2D eigenvalue weighted by molar-refractivity contribution is 7.98. The Hall–Kier alpha value is -0.960. The number of thiophene rings is 1. The normalized spacial score (nSPS) is 11.5. The molecule has 0 aliphatic heterocycles. The molecule has 1 aromatic rings. The molecule has 18 heavy (non-hydrogen) atoms. The smallest absolute Gasteiger partial charge is 0.223 e. The zero-order valence-electron chi connectivity index (χ0n) is 10.7. The van der Waals surface area contributed by atoms with E-state index >= 15 is 0 Å². The fraction of sp³-hybridized carbons (Fsp3) is 0.462. The van der Waals surface area contributed by atoms with E-state index in [-0.39, 0.29) is 11.8 Å². The molecule has 0 saturated heterocycles. The van der Waals surface area contributed by atoms with E-state index in [1.807, 2.05) is 24.6 Å². The molecule has 0 aromatic carbocycles. The predicted molar refractivity (Wildman–Crippen MR) is 79.6 cm³/mol. The van der Waals surface area contributed by atoms with Gasteiger partial charge in [-0.1, -0.05) is 18.8 Å². The molecule has 1 atom stereocenters. The lowest BCUT2D eigenvalue weighted by Crippen LogP contribution is -2.29. The van der Waals surface area contributed by atoms with Gasteiger partial charge in [-0.05, 0) is 17.7 Å². The van der Waals surface area contributed by atoms with Gasteiger partial charge >= 0.3 is 0 Å². The van der Waals surface area contributed by atoms with Crippen LogP contribution in [0.25, 0.3) is 0 Å². The zero-order chi connectivity index (χ0) is 13.4. The van der Waals surface area contributed by atoms with Crippen molar-refractivity contribution in [2.45, 2.75) is 13.5 Å². The van der Waals surface area contributed by atoms with E-state index in [0.717, 1.165) is 16.2 Å². The van der Waals surface area contributed by atoms with Gasteiger partial charge in [0.2, 0.25) is 5.91 Å². The lowest BCUT2D eigenvalue weighted by Gasteiger charge is -2.10. The van der Waals surface area contributed by atoms with Crippen LogP contribution in [0.5, 0.6) is 0 Å². The van der Waals surface area contributed by atoms with E-state index in [2.05, 4.69) is 17.2 Å². The Morgan fingerprint density at radius 1 is 1.67 bits per heavy atom. The molecule has 1 amide bonds. The molecule has 0 aliphatic rings. The minimum Gasteiger partial charge on any atom is -0.351 e. The molecule has 5 heteroatoms. The molecule has 1 aromatic heterocycles. The molecule has 0 spiro atoms. The molecule has 0 radical (unpaired) electrons. The average Bonchev–Trinajstić information content (AvgIpc) is 2.81. The van der Waals surface area contributed by atoms with Crippen molar-refractivity contribution in [3.8, 4) is 11.8 Å². The third kappa shape index (κ3) is 4.73. The molecular formula is C13H18N2OS2. The maximum atomic E-state index is 11.8. The summed E-state index contributed by atoms with van der Waals surface area (Å²) in [6.07, 6.45) is 2.00. The second-order valence-electron chi connectivity index (χ2n) is 3.84. The summed E-state index contributed by atoms with van der Waals surface area (Å²) in [5.41, 5.74) is 6.31. The molecule has 1 rings (SSSR count). The summed E-state index contributed by atoms with van der Waals surface area (Å²) in [6, 6.07) is 1.96. The second-order valence-corrected chi connectivity index (χ2v) is 5.75. The van der Waals surface area contributed by atoms with E-state index in [9.17, 15) is 4.79 Å². The Labute approximate surface area is 117 Å². The van der Waals surface area contributed by atoms with Gasteiger partial charge in [-0.25, -0.2) is 0 Å². The molecule has 0 saturated carbocycles. The van der Waals surface area contributed by atoms with Gasteiger partial charge < -0.3 is 11.1 Å². The van der Waals surface area contributed by atoms with Crippen molar-refractivity contribution in [1.82, 2.24) is 5.32 Å². The Kier molecular flexibility index (Phi) is 6.88. The number of hydrogen-bond donors (Lipinski definition) is 2. The SMILES string of the molecule is CSCC(C)C(=O)NCc1sccc1C#CCN. The van der Waals surface area contributed by atoms with Crippen LogP contribution in [-0.4, -0.2) is 24.5 Å². The van der Waals surface area contributed by atoms with Crippen LogP contribution in [0.2, 0.25) is 0 Å². The van der Waals surface area contributed by atoms with Crippen LogP contribution < -0.4 is 11.1 Å². The fourth-order valence-corrected chi connectivity index (χ4v) is 2.82. The number of thioether (sulfide) groups is 1. The van der Waals surface area contributed by atoms with Gasteiger partial charge in [0.15, 0.2) is 0 Å². The van der Waals surface area contributed by atoms with Crippen molar-refractivity contribution >= 4 is 29.0 Å². The van der Waals surface area contributed by atoms with E-state index < -0.39 is 0 Å². The third-order valence-electron chi connectivity index (χ3n) is 2.36. The van der Waals surface area contributed by atoms with Crippen molar-refractivity contribution in [2.75, 3.05) is 18.6 Å². The number of carbonyl (C=O) groups is 1. The summed E-state index contributed by atoms with van der Waals surface area (Å²) >= 11 is 3.28. The number of carbonyl (C=O) groups excluding carboxylic acids is 1. The highest BCUT2D eigenvalue weighted by atomic mass is 32.2. The summed E-state index contributed by atoms with van der Waals surface area (Å²) in [5.74, 6) is 6.82. The lowest BCUT2D eigenvalue weighted by atomic mass is 10.2. The summed E-state index contributed by atoms with van der Waals surface area (Å²) in [4.78, 5) is 12.9. The fourth-order valence-electron chi connectivity index (χ4n) is 1.40. The molecule has 3 nitrogen and oxygen atoms in total. The number of hydrogen-bond acceptors (Lipinski definition) is 4. The van der Waals surface area contributed by atoms with E-state index in [4.69, 9.17) is 5.73 Å².